The van der Waals surface area contributed by atoms with Crippen molar-refractivity contribution in [2.75, 3.05) is 0 Å². The summed E-state index contributed by atoms with van der Waals surface area (Å²) in [5.41, 5.74) is 1.81. The number of benzene rings is 1. The minimum Gasteiger partial charge on any atom is -0.481 e. The summed E-state index contributed by atoms with van der Waals surface area (Å²) in [6.07, 6.45) is 0.935. The highest BCUT2D eigenvalue weighted by atomic mass is 32.1. The maximum atomic E-state index is 11.0. The Hall–Kier alpha value is -1.68. The number of nitrogens with zero attached hydrogens (tertiary/aromatic N) is 1. The monoisotopic (exact) mass is 275 g/mol. The molecule has 1 N–H and O–H groups in total. The second-order valence-corrected chi connectivity index (χ2v) is 6.08. The van der Waals surface area contributed by atoms with E-state index in [4.69, 9.17) is 5.11 Å². The molecule has 0 aliphatic carbocycles. The molecule has 0 amide bonds. The van der Waals surface area contributed by atoms with Gasteiger partial charge in [0.05, 0.1) is 17.1 Å². The second-order valence-electron chi connectivity index (χ2n) is 4.91. The van der Waals surface area contributed by atoms with Crippen LogP contribution < -0.4 is 0 Å². The molecule has 1 heterocycles. The number of aromatic nitrogens is 1. The predicted octanol–water partition coefficient (Wildman–Crippen LogP) is 3.64. The van der Waals surface area contributed by atoms with Gasteiger partial charge in [0.25, 0.3) is 0 Å². The summed E-state index contributed by atoms with van der Waals surface area (Å²) in [4.78, 5) is 16.4. The van der Waals surface area contributed by atoms with Crippen molar-refractivity contribution >= 4 is 17.3 Å². The third-order valence-electron chi connectivity index (χ3n) is 2.68. The first-order valence-corrected chi connectivity index (χ1v) is 7.13. The normalized spacial score (nSPS) is 10.9. The third-order valence-corrected chi connectivity index (χ3v) is 3.76. The van der Waals surface area contributed by atoms with Crippen molar-refractivity contribution in [2.24, 2.45) is 5.92 Å². The van der Waals surface area contributed by atoms with E-state index in [1.54, 1.807) is 0 Å². The van der Waals surface area contributed by atoms with E-state index in [1.165, 1.54) is 11.3 Å². The Morgan fingerprint density at radius 2 is 2.00 bits per heavy atom. The summed E-state index contributed by atoms with van der Waals surface area (Å²) in [6.45, 7) is 4.28. The number of carbonyl (C=O) groups is 1. The zero-order valence-corrected chi connectivity index (χ0v) is 11.9. The molecule has 0 atom stereocenters. The van der Waals surface area contributed by atoms with E-state index in [2.05, 4.69) is 18.8 Å². The van der Waals surface area contributed by atoms with Crippen molar-refractivity contribution in [3.8, 4) is 11.3 Å². The van der Waals surface area contributed by atoms with Crippen LogP contribution in [0.5, 0.6) is 0 Å². The van der Waals surface area contributed by atoms with E-state index < -0.39 is 5.97 Å². The zero-order valence-electron chi connectivity index (χ0n) is 11.1. The van der Waals surface area contributed by atoms with Gasteiger partial charge in [-0.3, -0.25) is 4.79 Å². The summed E-state index contributed by atoms with van der Waals surface area (Å²) in [6, 6.07) is 9.78. The van der Waals surface area contributed by atoms with Gasteiger partial charge in [0, 0.05) is 16.9 Å². The van der Waals surface area contributed by atoms with Gasteiger partial charge in [-0.2, -0.15) is 0 Å². The number of carboxylic acid groups (broad SMARTS) is 1. The molecule has 0 aliphatic heterocycles. The average Bonchev–Trinajstić information content (AvgIpc) is 2.71. The van der Waals surface area contributed by atoms with Crippen molar-refractivity contribution in [1.82, 2.24) is 4.98 Å². The van der Waals surface area contributed by atoms with Gasteiger partial charge in [-0.1, -0.05) is 44.2 Å². The molecule has 0 unspecified atom stereocenters. The third kappa shape index (κ3) is 3.64. The number of hydrogen-bond donors (Lipinski definition) is 1. The number of rotatable bonds is 5. The minimum atomic E-state index is -0.808. The molecule has 0 saturated heterocycles. The van der Waals surface area contributed by atoms with Crippen LogP contribution in [0.15, 0.2) is 30.3 Å². The zero-order chi connectivity index (χ0) is 13.8. The molecule has 0 fully saturated rings. The molecule has 0 spiro atoms. The molecule has 2 aromatic rings. The lowest BCUT2D eigenvalue weighted by Gasteiger charge is -2.00. The van der Waals surface area contributed by atoms with Crippen LogP contribution in [0, 0.1) is 5.92 Å². The van der Waals surface area contributed by atoms with Crippen LogP contribution in [0.1, 0.15) is 23.7 Å². The van der Waals surface area contributed by atoms with Crippen LogP contribution in [0.25, 0.3) is 11.3 Å². The fraction of sp³-hybridized carbons (Fsp3) is 0.333. The fourth-order valence-electron chi connectivity index (χ4n) is 1.92. The van der Waals surface area contributed by atoms with Gasteiger partial charge in [-0.05, 0) is 5.92 Å². The first kappa shape index (κ1) is 13.7. The van der Waals surface area contributed by atoms with Crippen molar-refractivity contribution in [1.29, 1.82) is 0 Å². The first-order chi connectivity index (χ1) is 9.06. The van der Waals surface area contributed by atoms with Crippen molar-refractivity contribution in [3.05, 3.63) is 40.2 Å². The lowest BCUT2D eigenvalue weighted by Crippen LogP contribution is -1.99. The molecular weight excluding hydrogens is 258 g/mol. The minimum absolute atomic E-state index is 0.0417. The molecule has 0 aliphatic rings. The quantitative estimate of drug-likeness (QED) is 0.906. The van der Waals surface area contributed by atoms with Gasteiger partial charge in [0.1, 0.15) is 0 Å². The van der Waals surface area contributed by atoms with Gasteiger partial charge >= 0.3 is 5.97 Å². The molecule has 1 aromatic heterocycles. The van der Waals surface area contributed by atoms with E-state index in [1.807, 2.05) is 30.3 Å². The van der Waals surface area contributed by atoms with Gasteiger partial charge in [-0.15, -0.1) is 11.3 Å². The predicted molar refractivity (Wildman–Crippen MR) is 77.4 cm³/mol. The standard InChI is InChI=1S/C15H17NO2S/c1-10(2)8-13-16-15(11-6-4-3-5-7-11)12(19-13)9-14(17)18/h3-7,10H,8-9H2,1-2H3,(H,17,18). The van der Waals surface area contributed by atoms with Gasteiger partial charge in [0.2, 0.25) is 0 Å². The van der Waals surface area contributed by atoms with Crippen molar-refractivity contribution < 1.29 is 9.90 Å². The molecule has 0 bridgehead atoms. The van der Waals surface area contributed by atoms with Gasteiger partial charge in [0.15, 0.2) is 0 Å². The van der Waals surface area contributed by atoms with E-state index in [0.29, 0.717) is 5.92 Å². The summed E-state index contributed by atoms with van der Waals surface area (Å²) >= 11 is 1.52. The summed E-state index contributed by atoms with van der Waals surface area (Å²) < 4.78 is 0. The maximum Gasteiger partial charge on any atom is 0.308 e. The van der Waals surface area contributed by atoms with Gasteiger partial charge < -0.3 is 5.11 Å². The smallest absolute Gasteiger partial charge is 0.308 e. The SMILES string of the molecule is CC(C)Cc1nc(-c2ccccc2)c(CC(=O)O)s1. The summed E-state index contributed by atoms with van der Waals surface area (Å²) in [5, 5.41) is 10.0. The van der Waals surface area contributed by atoms with Crippen LogP contribution in [-0.2, 0) is 17.6 Å². The van der Waals surface area contributed by atoms with Crippen molar-refractivity contribution in [2.45, 2.75) is 26.7 Å². The largest absolute Gasteiger partial charge is 0.481 e. The lowest BCUT2D eigenvalue weighted by atomic mass is 10.1. The molecule has 4 heteroatoms. The average molecular weight is 275 g/mol. The summed E-state index contributed by atoms with van der Waals surface area (Å²) in [5.74, 6) is -0.288. The topological polar surface area (TPSA) is 50.2 Å². The van der Waals surface area contributed by atoms with Crippen LogP contribution in [-0.4, -0.2) is 16.1 Å². The van der Waals surface area contributed by atoms with E-state index in [9.17, 15) is 4.79 Å². The highest BCUT2D eigenvalue weighted by molar-refractivity contribution is 7.12. The molecular formula is C15H17NO2S. The fourth-order valence-corrected chi connectivity index (χ4v) is 3.21. The molecule has 3 nitrogen and oxygen atoms in total. The molecule has 0 radical (unpaired) electrons. The molecule has 0 saturated carbocycles. The molecule has 2 rings (SSSR count). The lowest BCUT2D eigenvalue weighted by molar-refractivity contribution is -0.136. The maximum absolute atomic E-state index is 11.0. The highest BCUT2D eigenvalue weighted by Gasteiger charge is 2.16. The number of aliphatic carboxylic acids is 1. The molecule has 100 valence electrons. The Morgan fingerprint density at radius 1 is 1.32 bits per heavy atom. The van der Waals surface area contributed by atoms with E-state index >= 15 is 0 Å². The first-order valence-electron chi connectivity index (χ1n) is 6.32. The van der Waals surface area contributed by atoms with Crippen molar-refractivity contribution in [3.63, 3.8) is 0 Å². The van der Waals surface area contributed by atoms with E-state index in [0.717, 1.165) is 27.6 Å². The Balaban J connectivity index is 2.39. The Labute approximate surface area is 116 Å². The Bertz CT molecular complexity index is 561. The second kappa shape index (κ2) is 5.97. The molecule has 19 heavy (non-hydrogen) atoms. The Morgan fingerprint density at radius 3 is 2.58 bits per heavy atom. The van der Waals surface area contributed by atoms with Crippen LogP contribution >= 0.6 is 11.3 Å². The van der Waals surface area contributed by atoms with Crippen LogP contribution in [0.2, 0.25) is 0 Å². The number of hydrogen-bond acceptors (Lipinski definition) is 3. The number of carboxylic acids is 1. The highest BCUT2D eigenvalue weighted by Crippen LogP contribution is 2.29. The van der Waals surface area contributed by atoms with Crippen LogP contribution in [0.3, 0.4) is 0 Å². The Kier molecular flexibility index (Phi) is 4.32. The molecule has 1 aromatic carbocycles. The van der Waals surface area contributed by atoms with E-state index in [-0.39, 0.29) is 6.42 Å². The summed E-state index contributed by atoms with van der Waals surface area (Å²) in [7, 11) is 0. The number of thiazole rings is 1. The van der Waals surface area contributed by atoms with Gasteiger partial charge in [-0.25, -0.2) is 4.98 Å². The van der Waals surface area contributed by atoms with Crippen LogP contribution in [0.4, 0.5) is 0 Å².